The molecule has 0 aliphatic rings. The van der Waals surface area contributed by atoms with Gasteiger partial charge in [-0.2, -0.15) is 5.10 Å². The van der Waals surface area contributed by atoms with Crippen molar-refractivity contribution in [2.75, 3.05) is 19.1 Å². The maximum Gasteiger partial charge on any atom is 0.311 e. The van der Waals surface area contributed by atoms with Gasteiger partial charge in [-0.3, -0.25) is 10.2 Å². The highest BCUT2D eigenvalue weighted by atomic mass is 32.1. The van der Waals surface area contributed by atoms with Crippen LogP contribution in [0, 0.1) is 6.92 Å². The largest absolute Gasteiger partial charge is 0.493 e. The molecule has 0 aliphatic heterocycles. The van der Waals surface area contributed by atoms with Crippen molar-refractivity contribution in [3.8, 4) is 11.5 Å². The van der Waals surface area contributed by atoms with Crippen LogP contribution >= 0.6 is 11.3 Å². The monoisotopic (exact) mass is 439 g/mol. The lowest BCUT2D eigenvalue weighted by Gasteiger charge is -2.13. The second-order valence-electron chi connectivity index (χ2n) is 6.65. The van der Waals surface area contributed by atoms with Crippen LogP contribution < -0.4 is 14.9 Å². The molecule has 0 aliphatic carbocycles. The lowest BCUT2D eigenvalue weighted by molar-refractivity contribution is -0.142. The van der Waals surface area contributed by atoms with Gasteiger partial charge in [0.15, 0.2) is 11.5 Å². The number of aromatic nitrogens is 1. The first kappa shape index (κ1) is 22.3. The molecule has 0 radical (unpaired) electrons. The van der Waals surface area contributed by atoms with E-state index in [4.69, 9.17) is 14.2 Å². The Labute approximate surface area is 185 Å². The molecule has 0 spiro atoms. The summed E-state index contributed by atoms with van der Waals surface area (Å²) >= 11 is 1.37. The molecule has 0 saturated heterocycles. The van der Waals surface area contributed by atoms with Crippen LogP contribution in [-0.4, -0.2) is 30.9 Å². The molecule has 0 atom stereocenters. The molecule has 0 unspecified atom stereocenters. The summed E-state index contributed by atoms with van der Waals surface area (Å²) in [5.41, 5.74) is 6.57. The van der Waals surface area contributed by atoms with E-state index in [9.17, 15) is 4.79 Å². The van der Waals surface area contributed by atoms with Crippen LogP contribution in [0.1, 0.15) is 29.3 Å². The first-order valence-corrected chi connectivity index (χ1v) is 10.7. The number of thiazole rings is 1. The number of hydrazone groups is 1. The first-order valence-electron chi connectivity index (χ1n) is 9.83. The van der Waals surface area contributed by atoms with Crippen molar-refractivity contribution in [3.05, 3.63) is 70.2 Å². The van der Waals surface area contributed by atoms with Crippen molar-refractivity contribution in [2.24, 2.45) is 5.10 Å². The minimum Gasteiger partial charge on any atom is -0.493 e. The quantitative estimate of drug-likeness (QED) is 0.283. The van der Waals surface area contributed by atoms with Crippen LogP contribution in [0.5, 0.6) is 11.5 Å². The van der Waals surface area contributed by atoms with Crippen LogP contribution in [0.15, 0.2) is 52.9 Å². The third-order valence-corrected chi connectivity index (χ3v) is 5.08. The number of rotatable bonds is 10. The van der Waals surface area contributed by atoms with Crippen molar-refractivity contribution < 1.29 is 19.0 Å². The van der Waals surface area contributed by atoms with Crippen LogP contribution in [0.25, 0.3) is 0 Å². The molecule has 2 aromatic carbocycles. The molecule has 0 saturated carbocycles. The molecule has 0 bridgehead atoms. The molecular weight excluding hydrogens is 414 g/mol. The van der Waals surface area contributed by atoms with E-state index < -0.39 is 0 Å². The minimum atomic E-state index is -0.297. The van der Waals surface area contributed by atoms with Crippen LogP contribution in [-0.2, 0) is 22.6 Å². The predicted molar refractivity (Wildman–Crippen MR) is 122 cm³/mol. The number of hydrogen-bond donors (Lipinski definition) is 1. The third kappa shape index (κ3) is 6.55. The van der Waals surface area contributed by atoms with Gasteiger partial charge in [0, 0.05) is 10.9 Å². The number of ether oxygens (including phenoxy) is 3. The van der Waals surface area contributed by atoms with Crippen molar-refractivity contribution in [1.29, 1.82) is 0 Å². The zero-order valence-corrected chi connectivity index (χ0v) is 18.6. The number of esters is 1. The Hall–Kier alpha value is -3.39. The van der Waals surface area contributed by atoms with Gasteiger partial charge in [0.05, 0.1) is 32.0 Å². The van der Waals surface area contributed by atoms with E-state index in [1.165, 1.54) is 16.9 Å². The van der Waals surface area contributed by atoms with Gasteiger partial charge < -0.3 is 14.2 Å². The van der Waals surface area contributed by atoms with Gasteiger partial charge in [-0.1, -0.05) is 35.9 Å². The summed E-state index contributed by atoms with van der Waals surface area (Å²) in [6.07, 6.45) is 1.79. The fourth-order valence-corrected chi connectivity index (χ4v) is 3.41. The van der Waals surface area contributed by atoms with E-state index >= 15 is 0 Å². The number of nitrogens with zero attached hydrogens (tertiary/aromatic N) is 2. The normalized spacial score (nSPS) is 10.8. The fourth-order valence-electron chi connectivity index (χ4n) is 2.75. The van der Waals surface area contributed by atoms with Gasteiger partial charge in [-0.05, 0) is 31.5 Å². The highest BCUT2D eigenvalue weighted by molar-refractivity contribution is 7.13. The number of carbonyl (C=O) groups is 1. The number of benzene rings is 2. The molecule has 0 amide bonds. The molecule has 31 heavy (non-hydrogen) atoms. The maximum atomic E-state index is 11.6. The van der Waals surface area contributed by atoms with E-state index in [0.717, 1.165) is 11.1 Å². The van der Waals surface area contributed by atoms with Crippen molar-refractivity contribution in [1.82, 2.24) is 4.98 Å². The Kier molecular flexibility index (Phi) is 8.00. The molecule has 3 aromatic rings. The molecule has 7 nitrogen and oxygen atoms in total. The summed E-state index contributed by atoms with van der Waals surface area (Å²) in [5.74, 6) is 0.940. The average Bonchev–Trinajstić information content (AvgIpc) is 3.20. The molecule has 3 rings (SSSR count). The number of para-hydroxylation sites is 1. The smallest absolute Gasteiger partial charge is 0.311 e. The van der Waals surface area contributed by atoms with Gasteiger partial charge in [0.1, 0.15) is 6.61 Å². The van der Waals surface area contributed by atoms with Gasteiger partial charge in [-0.25, -0.2) is 4.98 Å². The summed E-state index contributed by atoms with van der Waals surface area (Å²) < 4.78 is 16.4. The fraction of sp³-hybridized carbons (Fsp3) is 0.261. The lowest BCUT2D eigenvalue weighted by atomic mass is 10.1. The molecule has 1 aromatic heterocycles. The molecule has 8 heteroatoms. The third-order valence-electron chi connectivity index (χ3n) is 4.28. The Bertz CT molecular complexity index is 1030. The zero-order valence-electron chi connectivity index (χ0n) is 17.8. The van der Waals surface area contributed by atoms with E-state index in [1.807, 2.05) is 30.3 Å². The highest BCUT2D eigenvalue weighted by Crippen LogP contribution is 2.31. The number of aryl methyl sites for hydroxylation is 1. The molecule has 0 fully saturated rings. The highest BCUT2D eigenvalue weighted by Gasteiger charge is 2.11. The van der Waals surface area contributed by atoms with Gasteiger partial charge >= 0.3 is 5.97 Å². The SMILES string of the molecule is CCOC(=O)Cc1csc(NN=Cc2cccc(OC)c2OCc2ccc(C)cc2)n1. The molecular formula is C23H25N3O4S. The van der Waals surface area contributed by atoms with Crippen molar-refractivity contribution in [3.63, 3.8) is 0 Å². The summed E-state index contributed by atoms with van der Waals surface area (Å²) in [5, 5.41) is 6.65. The van der Waals surface area contributed by atoms with Gasteiger partial charge in [0.2, 0.25) is 5.13 Å². The van der Waals surface area contributed by atoms with Crippen LogP contribution in [0.4, 0.5) is 5.13 Å². The van der Waals surface area contributed by atoms with Crippen molar-refractivity contribution >= 4 is 28.7 Å². The topological polar surface area (TPSA) is 82.0 Å². The summed E-state index contributed by atoms with van der Waals surface area (Å²) in [7, 11) is 1.61. The second-order valence-corrected chi connectivity index (χ2v) is 7.51. The van der Waals surface area contributed by atoms with Crippen LogP contribution in [0.3, 0.4) is 0 Å². The molecule has 162 valence electrons. The molecule has 1 N–H and O–H groups in total. The van der Waals surface area contributed by atoms with E-state index in [0.29, 0.717) is 35.5 Å². The van der Waals surface area contributed by atoms with Gasteiger partial charge in [-0.15, -0.1) is 11.3 Å². The average molecular weight is 440 g/mol. The predicted octanol–water partition coefficient (Wildman–Crippen LogP) is 4.59. The summed E-state index contributed by atoms with van der Waals surface area (Å²) in [6.45, 7) is 4.60. The van der Waals surface area contributed by atoms with E-state index in [-0.39, 0.29) is 12.4 Å². The first-order chi connectivity index (χ1) is 15.1. The second kappa shape index (κ2) is 11.1. The number of carbonyl (C=O) groups excluding carboxylic acids is 1. The Balaban J connectivity index is 1.66. The standard InChI is InChI=1S/C23H25N3O4S/c1-4-29-21(27)12-19-15-31-23(25-19)26-24-13-18-6-5-7-20(28-3)22(18)30-14-17-10-8-16(2)9-11-17/h5-11,13,15H,4,12,14H2,1-3H3,(H,25,26). The summed E-state index contributed by atoms with van der Waals surface area (Å²) in [4.78, 5) is 15.9. The number of nitrogens with one attached hydrogen (secondary N) is 1. The number of methoxy groups -OCH3 is 1. The van der Waals surface area contributed by atoms with E-state index in [1.54, 1.807) is 25.6 Å². The Morgan fingerprint density at radius 3 is 2.77 bits per heavy atom. The Morgan fingerprint density at radius 1 is 1.23 bits per heavy atom. The minimum absolute atomic E-state index is 0.141. The van der Waals surface area contributed by atoms with Gasteiger partial charge in [0.25, 0.3) is 0 Å². The Morgan fingerprint density at radius 2 is 2.03 bits per heavy atom. The lowest BCUT2D eigenvalue weighted by Crippen LogP contribution is -2.07. The molecule has 1 heterocycles. The summed E-state index contributed by atoms with van der Waals surface area (Å²) in [6, 6.07) is 13.8. The maximum absolute atomic E-state index is 11.6. The number of hydrogen-bond acceptors (Lipinski definition) is 8. The van der Waals surface area contributed by atoms with Crippen molar-refractivity contribution in [2.45, 2.75) is 26.9 Å². The number of anilines is 1. The zero-order chi connectivity index (χ0) is 22.1. The van der Waals surface area contributed by atoms with E-state index in [2.05, 4.69) is 34.6 Å². The van der Waals surface area contributed by atoms with Crippen LogP contribution in [0.2, 0.25) is 0 Å².